The van der Waals surface area contributed by atoms with E-state index >= 15 is 0 Å². The SMILES string of the molecule is O=CCCCc1cccc(Br)c1F. The first-order chi connectivity index (χ1) is 6.25. The number of halogens is 2. The number of aryl methyl sites for hydroxylation is 1. The Hall–Kier alpha value is -0.700. The molecule has 0 unspecified atom stereocenters. The molecule has 0 radical (unpaired) electrons. The maximum Gasteiger partial charge on any atom is 0.140 e. The van der Waals surface area contributed by atoms with E-state index in [1.807, 2.05) is 0 Å². The molecule has 0 amide bonds. The highest BCUT2D eigenvalue weighted by atomic mass is 79.9. The van der Waals surface area contributed by atoms with E-state index in [0.717, 1.165) is 6.29 Å². The summed E-state index contributed by atoms with van der Waals surface area (Å²) in [6, 6.07) is 5.20. The lowest BCUT2D eigenvalue weighted by Crippen LogP contribution is -1.91. The molecule has 0 fully saturated rings. The predicted molar refractivity (Wildman–Crippen MR) is 53.1 cm³/mol. The minimum atomic E-state index is -0.214. The number of aldehydes is 1. The fourth-order valence-electron chi connectivity index (χ4n) is 1.12. The van der Waals surface area contributed by atoms with Crippen molar-refractivity contribution in [2.24, 2.45) is 0 Å². The Balaban J connectivity index is 2.65. The summed E-state index contributed by atoms with van der Waals surface area (Å²) in [4.78, 5) is 10.0. The van der Waals surface area contributed by atoms with Crippen LogP contribution in [0.15, 0.2) is 22.7 Å². The first-order valence-electron chi connectivity index (χ1n) is 4.12. The minimum Gasteiger partial charge on any atom is -0.303 e. The maximum atomic E-state index is 13.3. The van der Waals surface area contributed by atoms with E-state index in [4.69, 9.17) is 0 Å². The average Bonchev–Trinajstić information content (AvgIpc) is 2.13. The monoisotopic (exact) mass is 244 g/mol. The lowest BCUT2D eigenvalue weighted by Gasteiger charge is -2.02. The average molecular weight is 245 g/mol. The Morgan fingerprint density at radius 2 is 2.23 bits per heavy atom. The van der Waals surface area contributed by atoms with Gasteiger partial charge in [-0.15, -0.1) is 0 Å². The summed E-state index contributed by atoms with van der Waals surface area (Å²) in [5, 5.41) is 0. The number of carbonyl (C=O) groups is 1. The first kappa shape index (κ1) is 10.4. The third-order valence-corrected chi connectivity index (χ3v) is 2.41. The molecule has 0 spiro atoms. The van der Waals surface area contributed by atoms with Crippen molar-refractivity contribution in [3.05, 3.63) is 34.1 Å². The number of carbonyl (C=O) groups excluding carboxylic acids is 1. The van der Waals surface area contributed by atoms with Crippen LogP contribution in [0.4, 0.5) is 4.39 Å². The van der Waals surface area contributed by atoms with Gasteiger partial charge in [-0.25, -0.2) is 4.39 Å². The largest absolute Gasteiger partial charge is 0.303 e. The maximum absolute atomic E-state index is 13.3. The van der Waals surface area contributed by atoms with E-state index in [-0.39, 0.29) is 5.82 Å². The molecular formula is C10H10BrFO. The van der Waals surface area contributed by atoms with Crippen LogP contribution in [0.5, 0.6) is 0 Å². The van der Waals surface area contributed by atoms with Gasteiger partial charge in [-0.3, -0.25) is 0 Å². The lowest BCUT2D eigenvalue weighted by atomic mass is 10.1. The van der Waals surface area contributed by atoms with E-state index in [1.165, 1.54) is 0 Å². The van der Waals surface area contributed by atoms with Crippen LogP contribution in [0.3, 0.4) is 0 Å². The highest BCUT2D eigenvalue weighted by Gasteiger charge is 2.04. The minimum absolute atomic E-state index is 0.214. The summed E-state index contributed by atoms with van der Waals surface area (Å²) in [5.74, 6) is -0.214. The van der Waals surface area contributed by atoms with Crippen LogP contribution < -0.4 is 0 Å². The van der Waals surface area contributed by atoms with Crippen molar-refractivity contribution in [1.82, 2.24) is 0 Å². The molecule has 1 aromatic carbocycles. The Morgan fingerprint density at radius 3 is 2.92 bits per heavy atom. The first-order valence-corrected chi connectivity index (χ1v) is 4.91. The van der Waals surface area contributed by atoms with Crippen molar-refractivity contribution in [2.45, 2.75) is 19.3 Å². The number of unbranched alkanes of at least 4 members (excludes halogenated alkanes) is 1. The van der Waals surface area contributed by atoms with E-state index in [0.29, 0.717) is 29.3 Å². The molecule has 0 aromatic heterocycles. The number of rotatable bonds is 4. The molecule has 0 saturated heterocycles. The van der Waals surface area contributed by atoms with Crippen LogP contribution >= 0.6 is 15.9 Å². The van der Waals surface area contributed by atoms with E-state index in [2.05, 4.69) is 15.9 Å². The highest BCUT2D eigenvalue weighted by molar-refractivity contribution is 9.10. The van der Waals surface area contributed by atoms with Gasteiger partial charge >= 0.3 is 0 Å². The highest BCUT2D eigenvalue weighted by Crippen LogP contribution is 2.19. The normalized spacial score (nSPS) is 10.0. The van der Waals surface area contributed by atoms with Crippen molar-refractivity contribution >= 4 is 22.2 Å². The molecule has 0 N–H and O–H groups in total. The van der Waals surface area contributed by atoms with Gasteiger partial charge in [0.05, 0.1) is 4.47 Å². The zero-order valence-corrected chi connectivity index (χ0v) is 8.68. The molecular weight excluding hydrogens is 235 g/mol. The van der Waals surface area contributed by atoms with Crippen LogP contribution in [0.1, 0.15) is 18.4 Å². The second-order valence-corrected chi connectivity index (χ2v) is 3.63. The molecule has 1 rings (SSSR count). The van der Waals surface area contributed by atoms with Crippen molar-refractivity contribution < 1.29 is 9.18 Å². The van der Waals surface area contributed by atoms with E-state index < -0.39 is 0 Å². The topological polar surface area (TPSA) is 17.1 Å². The molecule has 0 saturated carbocycles. The fourth-order valence-corrected chi connectivity index (χ4v) is 1.52. The molecule has 70 valence electrons. The summed E-state index contributed by atoms with van der Waals surface area (Å²) >= 11 is 3.11. The number of benzene rings is 1. The standard InChI is InChI=1S/C10H10BrFO/c11-9-6-3-5-8(10(9)12)4-1-2-7-13/h3,5-7H,1-2,4H2. The third-order valence-electron chi connectivity index (χ3n) is 1.80. The number of hydrogen-bond donors (Lipinski definition) is 0. The molecule has 0 aliphatic rings. The van der Waals surface area contributed by atoms with Gasteiger partial charge in [-0.05, 0) is 40.4 Å². The second kappa shape index (κ2) is 5.12. The zero-order valence-electron chi connectivity index (χ0n) is 7.09. The quantitative estimate of drug-likeness (QED) is 0.588. The van der Waals surface area contributed by atoms with Crippen molar-refractivity contribution in [3.63, 3.8) is 0 Å². The van der Waals surface area contributed by atoms with Crippen molar-refractivity contribution in [2.75, 3.05) is 0 Å². The molecule has 0 aliphatic carbocycles. The van der Waals surface area contributed by atoms with Crippen LogP contribution in [0.2, 0.25) is 0 Å². The van der Waals surface area contributed by atoms with E-state index in [9.17, 15) is 9.18 Å². The van der Waals surface area contributed by atoms with Gasteiger partial charge in [0, 0.05) is 6.42 Å². The van der Waals surface area contributed by atoms with Gasteiger partial charge in [0.1, 0.15) is 12.1 Å². The van der Waals surface area contributed by atoms with Gasteiger partial charge in [0.25, 0.3) is 0 Å². The molecule has 0 bridgehead atoms. The summed E-state index contributed by atoms with van der Waals surface area (Å²) in [6.07, 6.45) is 2.67. The second-order valence-electron chi connectivity index (χ2n) is 2.77. The molecule has 0 aliphatic heterocycles. The Labute approximate surface area is 85.1 Å². The molecule has 0 heterocycles. The molecule has 1 aromatic rings. The summed E-state index contributed by atoms with van der Waals surface area (Å²) < 4.78 is 13.8. The predicted octanol–water partition coefficient (Wildman–Crippen LogP) is 3.11. The smallest absolute Gasteiger partial charge is 0.140 e. The van der Waals surface area contributed by atoms with Crippen LogP contribution in [0.25, 0.3) is 0 Å². The van der Waals surface area contributed by atoms with Crippen molar-refractivity contribution in [3.8, 4) is 0 Å². The summed E-state index contributed by atoms with van der Waals surface area (Å²) in [6.45, 7) is 0. The van der Waals surface area contributed by atoms with Gasteiger partial charge in [0.15, 0.2) is 0 Å². The number of hydrogen-bond acceptors (Lipinski definition) is 1. The molecule has 0 atom stereocenters. The molecule has 3 heteroatoms. The Kier molecular flexibility index (Phi) is 4.09. The van der Waals surface area contributed by atoms with Gasteiger partial charge in [0.2, 0.25) is 0 Å². The fraction of sp³-hybridized carbons (Fsp3) is 0.300. The van der Waals surface area contributed by atoms with Gasteiger partial charge in [-0.2, -0.15) is 0 Å². The van der Waals surface area contributed by atoms with Crippen molar-refractivity contribution in [1.29, 1.82) is 0 Å². The summed E-state index contributed by atoms with van der Waals surface area (Å²) in [7, 11) is 0. The molecule has 13 heavy (non-hydrogen) atoms. The molecule has 1 nitrogen and oxygen atoms in total. The van der Waals surface area contributed by atoms with Crippen LogP contribution in [-0.4, -0.2) is 6.29 Å². The Morgan fingerprint density at radius 1 is 1.46 bits per heavy atom. The lowest BCUT2D eigenvalue weighted by molar-refractivity contribution is -0.107. The zero-order chi connectivity index (χ0) is 9.68. The van der Waals surface area contributed by atoms with Gasteiger partial charge in [-0.1, -0.05) is 12.1 Å². The van der Waals surface area contributed by atoms with E-state index in [1.54, 1.807) is 18.2 Å². The van der Waals surface area contributed by atoms with Gasteiger partial charge < -0.3 is 4.79 Å². The summed E-state index contributed by atoms with van der Waals surface area (Å²) in [5.41, 5.74) is 0.663. The van der Waals surface area contributed by atoms with Crippen LogP contribution in [0, 0.1) is 5.82 Å². The van der Waals surface area contributed by atoms with Crippen LogP contribution in [-0.2, 0) is 11.2 Å². The Bertz CT molecular complexity index is 299. The third kappa shape index (κ3) is 2.92.